The molecule has 1 heterocycles. The highest BCUT2D eigenvalue weighted by atomic mass is 31.2. The molecule has 2 aromatic carbocycles. The number of morpholine rings is 1. The minimum absolute atomic E-state index is 0.0175. The first kappa shape index (κ1) is 50.9. The molecule has 0 aromatic heterocycles. The van der Waals surface area contributed by atoms with Gasteiger partial charge in [0.05, 0.1) is 32.4 Å². The van der Waals surface area contributed by atoms with Gasteiger partial charge in [-0.1, -0.05) is 94.3 Å². The molecule has 0 saturated carbocycles. The molecule has 61 heavy (non-hydrogen) atoms. The first-order chi connectivity index (χ1) is 28.9. The lowest BCUT2D eigenvalue weighted by molar-refractivity contribution is -0.144. The molecule has 16 nitrogen and oxygen atoms in total. The van der Waals surface area contributed by atoms with Crippen LogP contribution >= 0.6 is 7.82 Å². The van der Waals surface area contributed by atoms with E-state index in [2.05, 4.69) is 27.2 Å². The molecule has 0 aliphatic carbocycles. The van der Waals surface area contributed by atoms with Crippen molar-refractivity contribution in [2.75, 3.05) is 53.2 Å². The van der Waals surface area contributed by atoms with Gasteiger partial charge in [0.15, 0.2) is 5.78 Å². The predicted molar refractivity (Wildman–Crippen MR) is 230 cm³/mol. The molecular formula is C44H64N5O11P. The molecule has 0 radical (unpaired) electrons. The number of benzene rings is 2. The number of nitrogens with zero attached hydrogens (tertiary/aromatic N) is 1. The Morgan fingerprint density at radius 2 is 1.33 bits per heavy atom. The Hall–Kier alpha value is -4.46. The molecule has 1 fully saturated rings. The Morgan fingerprint density at radius 1 is 0.803 bits per heavy atom. The molecule has 0 bridgehead atoms. The molecule has 0 spiro atoms. The highest BCUT2D eigenvalue weighted by Crippen LogP contribution is 2.49. The van der Waals surface area contributed by atoms with E-state index in [-0.39, 0.29) is 50.0 Å². The van der Waals surface area contributed by atoms with Gasteiger partial charge < -0.3 is 31.1 Å². The fourth-order valence-corrected chi connectivity index (χ4v) is 7.55. The molecule has 6 atom stereocenters. The fraction of sp³-hybridized carbons (Fsp3) is 0.568. The van der Waals surface area contributed by atoms with Crippen LogP contribution in [0.2, 0.25) is 0 Å². The van der Waals surface area contributed by atoms with Crippen LogP contribution < -0.4 is 21.3 Å². The lowest BCUT2D eigenvalue weighted by Crippen LogP contribution is -2.60. The molecule has 4 amide bonds. The predicted octanol–water partition coefficient (Wildman–Crippen LogP) is 2.97. The van der Waals surface area contributed by atoms with Crippen LogP contribution in [0.15, 0.2) is 60.7 Å². The summed E-state index contributed by atoms with van der Waals surface area (Å²) in [5.41, 5.74) is -0.605. The van der Waals surface area contributed by atoms with Crippen LogP contribution in [0.4, 0.5) is 0 Å². The number of ether oxygens (including phenoxy) is 1. The molecule has 3 unspecified atom stereocenters. The number of rotatable bonds is 26. The minimum Gasteiger partial charge on any atom is -0.380 e. The Morgan fingerprint density at radius 3 is 1.90 bits per heavy atom. The molecule has 1 aliphatic heterocycles. The monoisotopic (exact) mass is 869 g/mol. The fourth-order valence-electron chi connectivity index (χ4n) is 6.62. The van der Waals surface area contributed by atoms with Gasteiger partial charge in [-0.05, 0) is 55.6 Å². The van der Waals surface area contributed by atoms with Crippen molar-refractivity contribution < 1.29 is 52.0 Å². The molecule has 1 saturated heterocycles. The van der Waals surface area contributed by atoms with E-state index in [1.165, 1.54) is 0 Å². The molecular weight excluding hydrogens is 805 g/mol. The van der Waals surface area contributed by atoms with Crippen LogP contribution in [0.5, 0.6) is 0 Å². The van der Waals surface area contributed by atoms with Gasteiger partial charge in [0, 0.05) is 26.6 Å². The summed E-state index contributed by atoms with van der Waals surface area (Å²) >= 11 is 0. The van der Waals surface area contributed by atoms with E-state index in [4.69, 9.17) is 24.7 Å². The lowest BCUT2D eigenvalue weighted by atomic mass is 9.90. The second kappa shape index (κ2) is 25.5. The molecule has 336 valence electrons. The van der Waals surface area contributed by atoms with E-state index in [9.17, 15) is 33.6 Å². The quantitative estimate of drug-likeness (QED) is 0.0683. The Bertz CT molecular complexity index is 1800. The zero-order valence-corrected chi connectivity index (χ0v) is 37.1. The summed E-state index contributed by atoms with van der Waals surface area (Å²) in [5, 5.41) is 22.6. The van der Waals surface area contributed by atoms with Gasteiger partial charge in [-0.2, -0.15) is 0 Å². The number of carbonyl (C=O) groups is 5. The summed E-state index contributed by atoms with van der Waals surface area (Å²) in [6, 6.07) is 13.9. The number of hydrogen-bond donors (Lipinski definition) is 5. The van der Waals surface area contributed by atoms with Gasteiger partial charge in [-0.25, -0.2) is 4.57 Å². The summed E-state index contributed by atoms with van der Waals surface area (Å²) < 4.78 is 33.2. The number of carbonyl (C=O) groups excluding carboxylic acids is 5. The molecule has 5 N–H and O–H groups in total. The maximum atomic E-state index is 14.2. The van der Waals surface area contributed by atoms with Crippen molar-refractivity contribution in [2.45, 2.75) is 96.5 Å². The number of terminal acetylenes is 1. The largest absolute Gasteiger partial charge is 0.475 e. The van der Waals surface area contributed by atoms with Gasteiger partial charge in [0.1, 0.15) is 30.3 Å². The molecule has 17 heteroatoms. The van der Waals surface area contributed by atoms with Crippen molar-refractivity contribution in [3.8, 4) is 12.3 Å². The Balaban J connectivity index is 1.86. The van der Waals surface area contributed by atoms with E-state index in [0.717, 1.165) is 19.6 Å². The van der Waals surface area contributed by atoms with Crippen molar-refractivity contribution >= 4 is 37.2 Å². The number of aryl methyl sites for hydroxylation is 1. The van der Waals surface area contributed by atoms with Crippen LogP contribution in [-0.4, -0.2) is 122 Å². The van der Waals surface area contributed by atoms with E-state index in [1.54, 1.807) is 30.3 Å². The van der Waals surface area contributed by atoms with Crippen molar-refractivity contribution in [1.82, 2.24) is 26.2 Å². The average molecular weight is 870 g/mol. The summed E-state index contributed by atoms with van der Waals surface area (Å²) in [4.78, 5) is 71.6. The van der Waals surface area contributed by atoms with E-state index in [0.29, 0.717) is 38.3 Å². The Labute approximate surface area is 360 Å². The van der Waals surface area contributed by atoms with Crippen LogP contribution in [0.25, 0.3) is 0 Å². The zero-order chi connectivity index (χ0) is 45.0. The second-order valence-corrected chi connectivity index (χ2v) is 18.0. The number of ketones is 1. The molecule has 1 aliphatic rings. The van der Waals surface area contributed by atoms with Crippen molar-refractivity contribution in [2.24, 2.45) is 11.8 Å². The van der Waals surface area contributed by atoms with Gasteiger partial charge in [-0.3, -0.25) is 42.4 Å². The molecule has 2 aromatic rings. The van der Waals surface area contributed by atoms with Gasteiger partial charge in [0.25, 0.3) is 0 Å². The van der Waals surface area contributed by atoms with Crippen LogP contribution in [0, 0.1) is 24.2 Å². The molecule has 3 rings (SSSR count). The van der Waals surface area contributed by atoms with E-state index in [1.807, 2.05) is 62.9 Å². The number of nitrogens with one attached hydrogen (secondary N) is 4. The average Bonchev–Trinajstić information content (AvgIpc) is 3.23. The first-order valence-corrected chi connectivity index (χ1v) is 22.1. The van der Waals surface area contributed by atoms with Gasteiger partial charge in [0.2, 0.25) is 23.6 Å². The number of aliphatic hydroxyl groups is 1. The van der Waals surface area contributed by atoms with Crippen LogP contribution in [0.3, 0.4) is 0 Å². The summed E-state index contributed by atoms with van der Waals surface area (Å²) in [5.74, 6) is -1.18. The van der Waals surface area contributed by atoms with Crippen molar-refractivity contribution in [3.05, 3.63) is 71.8 Å². The maximum absolute atomic E-state index is 14.2. The van der Waals surface area contributed by atoms with E-state index >= 15 is 0 Å². The highest BCUT2D eigenvalue weighted by Gasteiger charge is 2.41. The third-order valence-corrected chi connectivity index (χ3v) is 11.2. The normalized spacial score (nSPS) is 17.1. The van der Waals surface area contributed by atoms with Crippen LogP contribution in [-0.2, 0) is 59.7 Å². The number of hydrogen-bond acceptors (Lipinski definition) is 12. The summed E-state index contributed by atoms with van der Waals surface area (Å²) in [6.07, 6.45) is 6.25. The van der Waals surface area contributed by atoms with Gasteiger partial charge in [-0.15, -0.1) is 6.42 Å². The lowest BCUT2D eigenvalue weighted by Gasteiger charge is -2.31. The number of phosphoric ester groups is 1. The Kier molecular flexibility index (Phi) is 21.2. The van der Waals surface area contributed by atoms with Gasteiger partial charge >= 0.3 is 7.82 Å². The number of amides is 4. The van der Waals surface area contributed by atoms with Crippen LogP contribution in [0.1, 0.15) is 65.0 Å². The maximum Gasteiger partial charge on any atom is 0.475 e. The first-order valence-electron chi connectivity index (χ1n) is 20.7. The number of phosphoric acid groups is 1. The second-order valence-electron chi connectivity index (χ2n) is 16.2. The van der Waals surface area contributed by atoms with Crippen molar-refractivity contribution in [3.63, 3.8) is 0 Å². The summed E-state index contributed by atoms with van der Waals surface area (Å²) in [7, 11) is -3.17. The SMILES string of the molecule is C#CCOP(=O)(OC)OCC(C)(O)C(=O)[C@H](CC(C)C)NC(=O)[C@H](Cc1ccccc1)NC(=O)C(CC(C)C)NC(=O)[C@H](CCc1ccccc1)NC(=O)CN1CCOCC1. The standard InChI is InChI=1S/C44H64N5O11P/c1-8-23-59-61(56,57-7)60-30-44(6,55)40(51)36(26-31(2)3)46-43(54)38(28-34-17-13-10-14-18-34)48-42(53)37(27-32(4)5)47-41(52)35(20-19-33-15-11-9-12-16-33)45-39(50)29-49-21-24-58-25-22-49/h1,9-18,31-32,35-38,55H,19-30H2,2-7H3,(H,45,50)(H,46,54)(H,47,52)(H,48,53)/t35-,36-,37?,38-,44?,61?/m0/s1. The third-order valence-electron chi connectivity index (χ3n) is 9.85. The third kappa shape index (κ3) is 18.2. The van der Waals surface area contributed by atoms with E-state index < -0.39 is 74.3 Å². The summed E-state index contributed by atoms with van der Waals surface area (Å²) in [6.45, 7) is 9.63. The minimum atomic E-state index is -4.22. The number of Topliss-reactive ketones (excluding diaryl/α,β-unsaturated/α-hetero) is 1. The van der Waals surface area contributed by atoms with Crippen molar-refractivity contribution in [1.29, 1.82) is 0 Å². The smallest absolute Gasteiger partial charge is 0.380 e. The topological polar surface area (TPSA) is 211 Å². The zero-order valence-electron chi connectivity index (χ0n) is 36.2. The highest BCUT2D eigenvalue weighted by molar-refractivity contribution is 7.48.